The van der Waals surface area contributed by atoms with Crippen molar-refractivity contribution in [1.29, 1.82) is 0 Å². The Kier molecular flexibility index (Phi) is 3.34. The molecule has 2 aliphatic rings. The number of fused-ring (bicyclic) bond motifs is 1. The molecule has 0 bridgehead atoms. The smallest absolute Gasteiger partial charge is 0.410 e. The Morgan fingerprint density at radius 3 is 2.53 bits per heavy atom. The molecule has 1 saturated heterocycles. The van der Waals surface area contributed by atoms with Crippen LogP contribution in [0.2, 0.25) is 0 Å². The third-order valence-electron chi connectivity index (χ3n) is 3.67. The third kappa shape index (κ3) is 3.12. The quantitative estimate of drug-likeness (QED) is 0.706. The van der Waals surface area contributed by atoms with Crippen LogP contribution < -0.4 is 0 Å². The minimum atomic E-state index is -0.426. The molecule has 0 aromatic rings. The molecule has 0 radical (unpaired) electrons. The minimum absolute atomic E-state index is 0.171. The van der Waals surface area contributed by atoms with E-state index in [4.69, 9.17) is 4.74 Å². The standard InChI is InChI=1S/C13H23NO3/c1-13(2,3)17-12(16)14-7-9-4-5-11(15)6-10(9)8-14/h9-11,15H,4-8H2,1-3H3/t9-,10-,11-/m0/s1. The highest BCUT2D eigenvalue weighted by Gasteiger charge is 2.40. The zero-order valence-corrected chi connectivity index (χ0v) is 11.0. The number of carbonyl (C=O) groups is 1. The van der Waals surface area contributed by atoms with Gasteiger partial charge in [-0.3, -0.25) is 0 Å². The van der Waals surface area contributed by atoms with E-state index in [9.17, 15) is 9.90 Å². The maximum Gasteiger partial charge on any atom is 0.410 e. The number of hydrogen-bond acceptors (Lipinski definition) is 3. The van der Waals surface area contributed by atoms with Gasteiger partial charge in [0.2, 0.25) is 0 Å². The molecular weight excluding hydrogens is 218 g/mol. The van der Waals surface area contributed by atoms with Crippen LogP contribution in [0.25, 0.3) is 0 Å². The SMILES string of the molecule is CC(C)(C)OC(=O)N1C[C@@H]2CC[C@H](O)C[C@H]2C1. The number of likely N-dealkylation sites (tertiary alicyclic amines) is 1. The maximum atomic E-state index is 11.9. The van der Waals surface area contributed by atoms with E-state index < -0.39 is 5.60 Å². The fraction of sp³-hybridized carbons (Fsp3) is 0.923. The van der Waals surface area contributed by atoms with E-state index in [-0.39, 0.29) is 12.2 Å². The summed E-state index contributed by atoms with van der Waals surface area (Å²) in [4.78, 5) is 13.7. The van der Waals surface area contributed by atoms with Crippen molar-refractivity contribution in [1.82, 2.24) is 4.90 Å². The van der Waals surface area contributed by atoms with Crippen LogP contribution in [0, 0.1) is 11.8 Å². The van der Waals surface area contributed by atoms with Crippen LogP contribution in [0.1, 0.15) is 40.0 Å². The van der Waals surface area contributed by atoms with E-state index in [1.54, 1.807) is 4.90 Å². The second-order valence-electron chi connectivity index (χ2n) is 6.37. The van der Waals surface area contributed by atoms with Crippen LogP contribution in [0.3, 0.4) is 0 Å². The lowest BCUT2D eigenvalue weighted by atomic mass is 9.80. The van der Waals surface area contributed by atoms with E-state index in [1.807, 2.05) is 20.8 Å². The van der Waals surface area contributed by atoms with Crippen molar-refractivity contribution < 1.29 is 14.6 Å². The Morgan fingerprint density at radius 2 is 1.88 bits per heavy atom. The molecule has 2 fully saturated rings. The second kappa shape index (κ2) is 4.48. The summed E-state index contributed by atoms with van der Waals surface area (Å²) < 4.78 is 5.38. The summed E-state index contributed by atoms with van der Waals surface area (Å²) in [7, 11) is 0. The molecule has 2 rings (SSSR count). The lowest BCUT2D eigenvalue weighted by Gasteiger charge is -2.27. The van der Waals surface area contributed by atoms with Gasteiger partial charge in [0.1, 0.15) is 5.60 Å². The molecule has 1 heterocycles. The molecule has 1 N–H and O–H groups in total. The first-order chi connectivity index (χ1) is 7.85. The van der Waals surface area contributed by atoms with Crippen LogP contribution in [-0.4, -0.2) is 40.9 Å². The Hall–Kier alpha value is -0.770. The topological polar surface area (TPSA) is 49.8 Å². The summed E-state index contributed by atoms with van der Waals surface area (Å²) in [5.41, 5.74) is -0.426. The second-order valence-corrected chi connectivity index (χ2v) is 6.37. The Balaban J connectivity index is 1.91. The molecule has 1 saturated carbocycles. The molecule has 0 spiro atoms. The molecule has 3 atom stereocenters. The minimum Gasteiger partial charge on any atom is -0.444 e. The van der Waals surface area contributed by atoms with Gasteiger partial charge in [-0.05, 0) is 51.9 Å². The first-order valence-corrected chi connectivity index (χ1v) is 6.51. The Bertz CT molecular complexity index is 298. The van der Waals surface area contributed by atoms with Gasteiger partial charge < -0.3 is 14.7 Å². The van der Waals surface area contributed by atoms with Gasteiger partial charge in [0.05, 0.1) is 6.10 Å². The molecule has 98 valence electrons. The average molecular weight is 241 g/mol. The molecule has 0 aromatic carbocycles. The summed E-state index contributed by atoms with van der Waals surface area (Å²) in [6.45, 7) is 7.20. The number of carbonyl (C=O) groups excluding carboxylic acids is 1. The zero-order chi connectivity index (χ0) is 12.6. The average Bonchev–Trinajstić information content (AvgIpc) is 2.57. The number of aliphatic hydroxyl groups is 1. The summed E-state index contributed by atoms with van der Waals surface area (Å²) in [6, 6.07) is 0. The van der Waals surface area contributed by atoms with Gasteiger partial charge in [-0.2, -0.15) is 0 Å². The maximum absolute atomic E-state index is 11.9. The van der Waals surface area contributed by atoms with E-state index in [0.717, 1.165) is 32.4 Å². The highest BCUT2D eigenvalue weighted by atomic mass is 16.6. The molecular formula is C13H23NO3. The van der Waals surface area contributed by atoms with E-state index in [0.29, 0.717) is 11.8 Å². The van der Waals surface area contributed by atoms with Crippen molar-refractivity contribution in [2.45, 2.75) is 51.7 Å². The van der Waals surface area contributed by atoms with Gasteiger partial charge >= 0.3 is 6.09 Å². The Labute approximate surface area is 103 Å². The van der Waals surface area contributed by atoms with E-state index in [1.165, 1.54) is 0 Å². The van der Waals surface area contributed by atoms with Gasteiger partial charge in [0, 0.05) is 13.1 Å². The van der Waals surface area contributed by atoms with Gasteiger partial charge in [0.25, 0.3) is 0 Å². The number of rotatable bonds is 0. The number of amides is 1. The predicted molar refractivity (Wildman–Crippen MR) is 64.6 cm³/mol. The highest BCUT2D eigenvalue weighted by molar-refractivity contribution is 5.68. The van der Waals surface area contributed by atoms with Gasteiger partial charge in [-0.1, -0.05) is 0 Å². The van der Waals surface area contributed by atoms with Crippen LogP contribution in [0.5, 0.6) is 0 Å². The molecule has 1 aliphatic carbocycles. The van der Waals surface area contributed by atoms with Crippen molar-refractivity contribution in [2.24, 2.45) is 11.8 Å². The number of ether oxygens (including phenoxy) is 1. The molecule has 1 aliphatic heterocycles. The van der Waals surface area contributed by atoms with Crippen molar-refractivity contribution in [3.63, 3.8) is 0 Å². The number of hydrogen-bond donors (Lipinski definition) is 1. The number of nitrogens with zero attached hydrogens (tertiary/aromatic N) is 1. The molecule has 0 aromatic heterocycles. The van der Waals surface area contributed by atoms with Crippen molar-refractivity contribution >= 4 is 6.09 Å². The number of aliphatic hydroxyl groups excluding tert-OH is 1. The van der Waals surface area contributed by atoms with Crippen molar-refractivity contribution in [3.8, 4) is 0 Å². The largest absolute Gasteiger partial charge is 0.444 e. The molecule has 1 amide bonds. The lowest BCUT2D eigenvalue weighted by Crippen LogP contribution is -2.35. The summed E-state index contributed by atoms with van der Waals surface area (Å²) in [5, 5.41) is 9.63. The Morgan fingerprint density at radius 1 is 1.24 bits per heavy atom. The monoisotopic (exact) mass is 241 g/mol. The summed E-state index contributed by atoms with van der Waals surface area (Å²) in [6.07, 6.45) is 2.37. The first-order valence-electron chi connectivity index (χ1n) is 6.51. The van der Waals surface area contributed by atoms with E-state index >= 15 is 0 Å². The normalized spacial score (nSPS) is 33.4. The fourth-order valence-electron chi connectivity index (χ4n) is 2.88. The van der Waals surface area contributed by atoms with Crippen LogP contribution >= 0.6 is 0 Å². The molecule has 0 unspecified atom stereocenters. The van der Waals surface area contributed by atoms with Gasteiger partial charge in [0.15, 0.2) is 0 Å². The summed E-state index contributed by atoms with van der Waals surface area (Å²) in [5.74, 6) is 1.03. The van der Waals surface area contributed by atoms with Crippen LogP contribution in [-0.2, 0) is 4.74 Å². The molecule has 4 nitrogen and oxygen atoms in total. The van der Waals surface area contributed by atoms with Crippen molar-refractivity contribution in [3.05, 3.63) is 0 Å². The van der Waals surface area contributed by atoms with Crippen LogP contribution in [0.15, 0.2) is 0 Å². The molecule has 17 heavy (non-hydrogen) atoms. The fourth-order valence-corrected chi connectivity index (χ4v) is 2.88. The third-order valence-corrected chi connectivity index (χ3v) is 3.67. The summed E-state index contributed by atoms with van der Waals surface area (Å²) >= 11 is 0. The predicted octanol–water partition coefficient (Wildman–Crippen LogP) is 2.01. The van der Waals surface area contributed by atoms with Crippen molar-refractivity contribution in [2.75, 3.05) is 13.1 Å². The van der Waals surface area contributed by atoms with Gasteiger partial charge in [-0.15, -0.1) is 0 Å². The zero-order valence-electron chi connectivity index (χ0n) is 11.0. The van der Waals surface area contributed by atoms with Crippen LogP contribution in [0.4, 0.5) is 4.79 Å². The highest BCUT2D eigenvalue weighted by Crippen LogP contribution is 2.36. The van der Waals surface area contributed by atoms with E-state index in [2.05, 4.69) is 0 Å². The first kappa shape index (κ1) is 12.7. The lowest BCUT2D eigenvalue weighted by molar-refractivity contribution is 0.0282. The molecule has 4 heteroatoms. The van der Waals surface area contributed by atoms with Gasteiger partial charge in [-0.25, -0.2) is 4.79 Å².